The molecule has 3 atom stereocenters. The monoisotopic (exact) mass is 292 g/mol. The predicted molar refractivity (Wildman–Crippen MR) is 90.5 cm³/mol. The Morgan fingerprint density at radius 1 is 0.952 bits per heavy atom. The second-order valence-electron chi connectivity index (χ2n) is 8.46. The van der Waals surface area contributed by atoms with Gasteiger partial charge in [-0.15, -0.1) is 0 Å². The maximum atomic E-state index is 3.61. The lowest BCUT2D eigenvalue weighted by molar-refractivity contribution is 0.0921. The van der Waals surface area contributed by atoms with Crippen LogP contribution in [0.5, 0.6) is 0 Å². The minimum atomic E-state index is 0.880. The number of nitrogens with one attached hydrogen (secondary N) is 1. The van der Waals surface area contributed by atoms with E-state index in [0.717, 1.165) is 29.8 Å². The van der Waals surface area contributed by atoms with Gasteiger partial charge in [-0.25, -0.2) is 0 Å². The van der Waals surface area contributed by atoms with Crippen LogP contribution < -0.4 is 5.32 Å². The quantitative estimate of drug-likeness (QED) is 0.794. The van der Waals surface area contributed by atoms with Gasteiger partial charge in [-0.1, -0.05) is 26.7 Å². The van der Waals surface area contributed by atoms with Crippen molar-refractivity contribution in [2.75, 3.05) is 19.6 Å². The smallest absolute Gasteiger partial charge is 0.0101 e. The fourth-order valence-corrected chi connectivity index (χ4v) is 4.83. The molecule has 2 heteroatoms. The van der Waals surface area contributed by atoms with Gasteiger partial charge in [0.15, 0.2) is 0 Å². The van der Waals surface area contributed by atoms with Gasteiger partial charge in [0, 0.05) is 18.6 Å². The van der Waals surface area contributed by atoms with Crippen molar-refractivity contribution in [3.05, 3.63) is 0 Å². The van der Waals surface area contributed by atoms with E-state index in [2.05, 4.69) is 24.1 Å². The lowest BCUT2D eigenvalue weighted by atomic mass is 9.80. The first kappa shape index (κ1) is 15.8. The molecule has 3 rings (SSSR count). The summed E-state index contributed by atoms with van der Waals surface area (Å²) in [7, 11) is 0. The van der Waals surface area contributed by atoms with Gasteiger partial charge in [-0.3, -0.25) is 4.90 Å². The fraction of sp³-hybridized carbons (Fsp3) is 1.00. The summed E-state index contributed by atoms with van der Waals surface area (Å²) in [5.41, 5.74) is 0. The largest absolute Gasteiger partial charge is 0.316 e. The van der Waals surface area contributed by atoms with Crippen LogP contribution in [0.15, 0.2) is 0 Å². The van der Waals surface area contributed by atoms with E-state index in [-0.39, 0.29) is 0 Å². The molecule has 21 heavy (non-hydrogen) atoms. The summed E-state index contributed by atoms with van der Waals surface area (Å²) in [6, 6.07) is 1.87. The third kappa shape index (κ3) is 4.69. The van der Waals surface area contributed by atoms with Crippen LogP contribution in [0.4, 0.5) is 0 Å². The average Bonchev–Trinajstić information content (AvgIpc) is 3.30. The molecule has 2 saturated carbocycles. The number of piperidine rings is 1. The van der Waals surface area contributed by atoms with Gasteiger partial charge in [-0.05, 0) is 75.8 Å². The summed E-state index contributed by atoms with van der Waals surface area (Å²) >= 11 is 0. The van der Waals surface area contributed by atoms with Gasteiger partial charge in [0.1, 0.15) is 0 Å². The Bertz CT molecular complexity index is 305. The van der Waals surface area contributed by atoms with Crippen LogP contribution in [0.3, 0.4) is 0 Å². The molecular weight excluding hydrogens is 256 g/mol. The zero-order valence-corrected chi connectivity index (χ0v) is 14.3. The van der Waals surface area contributed by atoms with Crippen molar-refractivity contribution in [3.63, 3.8) is 0 Å². The summed E-state index contributed by atoms with van der Waals surface area (Å²) in [6.45, 7) is 8.70. The molecular formula is C19H36N2. The highest BCUT2D eigenvalue weighted by molar-refractivity contribution is 4.92. The molecule has 2 aliphatic carbocycles. The van der Waals surface area contributed by atoms with Crippen LogP contribution in [0.1, 0.15) is 71.6 Å². The van der Waals surface area contributed by atoms with E-state index in [0.29, 0.717) is 0 Å². The van der Waals surface area contributed by atoms with Crippen LogP contribution in [-0.2, 0) is 0 Å². The Kier molecular flexibility index (Phi) is 5.61. The lowest BCUT2D eigenvalue weighted by Crippen LogP contribution is -2.46. The molecule has 0 aromatic carbocycles. The van der Waals surface area contributed by atoms with Gasteiger partial charge in [0.2, 0.25) is 0 Å². The van der Waals surface area contributed by atoms with E-state index in [1.54, 1.807) is 0 Å². The molecule has 1 saturated heterocycles. The molecule has 1 N–H and O–H groups in total. The molecule has 3 fully saturated rings. The topological polar surface area (TPSA) is 15.3 Å². The van der Waals surface area contributed by atoms with Crippen LogP contribution in [0, 0.1) is 17.8 Å². The molecule has 2 nitrogen and oxygen atoms in total. The highest BCUT2D eigenvalue weighted by Gasteiger charge is 2.37. The second-order valence-corrected chi connectivity index (χ2v) is 8.46. The van der Waals surface area contributed by atoms with Gasteiger partial charge >= 0.3 is 0 Å². The van der Waals surface area contributed by atoms with Gasteiger partial charge in [0.25, 0.3) is 0 Å². The van der Waals surface area contributed by atoms with E-state index in [1.807, 2.05) is 0 Å². The summed E-state index contributed by atoms with van der Waals surface area (Å²) < 4.78 is 0. The van der Waals surface area contributed by atoms with Crippen LogP contribution in [0.2, 0.25) is 0 Å². The van der Waals surface area contributed by atoms with Gasteiger partial charge in [-0.2, -0.15) is 0 Å². The fourth-order valence-electron chi connectivity index (χ4n) is 4.83. The molecule has 122 valence electrons. The second kappa shape index (κ2) is 7.46. The first-order valence-corrected chi connectivity index (χ1v) is 9.69. The Balaban J connectivity index is 1.55. The van der Waals surface area contributed by atoms with E-state index >= 15 is 0 Å². The van der Waals surface area contributed by atoms with Crippen molar-refractivity contribution in [1.29, 1.82) is 0 Å². The van der Waals surface area contributed by atoms with E-state index in [1.165, 1.54) is 77.4 Å². The minimum absolute atomic E-state index is 0.880. The number of nitrogens with zero attached hydrogens (tertiary/aromatic N) is 1. The molecule has 1 aliphatic heterocycles. The number of rotatable bonds is 6. The van der Waals surface area contributed by atoms with Crippen molar-refractivity contribution in [2.24, 2.45) is 17.8 Å². The number of hydrogen-bond acceptors (Lipinski definition) is 2. The third-order valence-corrected chi connectivity index (χ3v) is 5.91. The SMILES string of the molecule is CC(C)CC1CCCC(N(CC2CCCNC2)C2CC2)C1. The summed E-state index contributed by atoms with van der Waals surface area (Å²) in [4.78, 5) is 2.96. The third-order valence-electron chi connectivity index (χ3n) is 5.91. The molecule has 0 radical (unpaired) electrons. The van der Waals surface area contributed by atoms with Crippen molar-refractivity contribution >= 4 is 0 Å². The highest BCUT2D eigenvalue weighted by atomic mass is 15.2. The lowest BCUT2D eigenvalue weighted by Gasteiger charge is -2.40. The van der Waals surface area contributed by atoms with Crippen molar-refractivity contribution in [2.45, 2.75) is 83.7 Å². The Labute approximate surface area is 132 Å². The molecule has 3 aliphatic rings. The Morgan fingerprint density at radius 2 is 1.76 bits per heavy atom. The first-order valence-electron chi connectivity index (χ1n) is 9.69. The van der Waals surface area contributed by atoms with Gasteiger partial charge in [0.05, 0.1) is 0 Å². The molecule has 3 unspecified atom stereocenters. The molecule has 0 bridgehead atoms. The molecule has 0 aromatic heterocycles. The Morgan fingerprint density at radius 3 is 2.43 bits per heavy atom. The predicted octanol–water partition coefficient (Wildman–Crippen LogP) is 4.06. The van der Waals surface area contributed by atoms with Crippen molar-refractivity contribution < 1.29 is 0 Å². The van der Waals surface area contributed by atoms with Crippen LogP contribution >= 0.6 is 0 Å². The average molecular weight is 293 g/mol. The zero-order valence-electron chi connectivity index (χ0n) is 14.3. The summed E-state index contributed by atoms with van der Waals surface area (Å²) in [5, 5.41) is 3.61. The molecule has 0 spiro atoms. The normalized spacial score (nSPS) is 34.6. The van der Waals surface area contributed by atoms with E-state index in [9.17, 15) is 0 Å². The van der Waals surface area contributed by atoms with Crippen molar-refractivity contribution in [3.8, 4) is 0 Å². The summed E-state index contributed by atoms with van der Waals surface area (Å²) in [6.07, 6.45) is 13.2. The van der Waals surface area contributed by atoms with Gasteiger partial charge < -0.3 is 5.32 Å². The zero-order chi connectivity index (χ0) is 14.7. The maximum absolute atomic E-state index is 3.61. The van der Waals surface area contributed by atoms with Crippen molar-refractivity contribution in [1.82, 2.24) is 10.2 Å². The van der Waals surface area contributed by atoms with E-state index < -0.39 is 0 Å². The van der Waals surface area contributed by atoms with Crippen LogP contribution in [0.25, 0.3) is 0 Å². The minimum Gasteiger partial charge on any atom is -0.316 e. The molecule has 0 aromatic rings. The number of hydrogen-bond donors (Lipinski definition) is 1. The Hall–Kier alpha value is -0.0800. The van der Waals surface area contributed by atoms with Crippen LogP contribution in [-0.4, -0.2) is 36.6 Å². The van der Waals surface area contributed by atoms with E-state index in [4.69, 9.17) is 0 Å². The first-order chi connectivity index (χ1) is 10.2. The molecule has 1 heterocycles. The molecule has 0 amide bonds. The standard InChI is InChI=1S/C19H36N2/c1-15(2)11-16-5-3-7-19(12-16)21(18-8-9-18)14-17-6-4-10-20-13-17/h15-20H,3-14H2,1-2H3. The summed E-state index contributed by atoms with van der Waals surface area (Å²) in [5.74, 6) is 2.81. The maximum Gasteiger partial charge on any atom is 0.0101 e. The highest BCUT2D eigenvalue weighted by Crippen LogP contribution is 2.38.